The molecule has 2 saturated carbocycles. The third kappa shape index (κ3) is 10.0. The Morgan fingerprint density at radius 2 is 1.76 bits per heavy atom. The number of piperidine rings is 1. The van der Waals surface area contributed by atoms with Gasteiger partial charge in [0, 0.05) is 67.2 Å². The molecule has 3 aliphatic heterocycles. The first-order valence-electron chi connectivity index (χ1n) is 25.6. The molecule has 0 radical (unpaired) electrons. The van der Waals surface area contributed by atoms with Crippen LogP contribution in [0.3, 0.4) is 0 Å². The number of sulfonamides is 1. The number of nitrogens with one attached hydrogen (secondary N) is 4. The summed E-state index contributed by atoms with van der Waals surface area (Å²) in [6, 6.07) is 20.9. The van der Waals surface area contributed by atoms with Crippen LogP contribution in [0.2, 0.25) is 0 Å². The maximum absolute atomic E-state index is 14.4. The number of pyridine rings is 1. The lowest BCUT2D eigenvalue weighted by molar-refractivity contribution is -0.384. The molecule has 2 aromatic heterocycles. The number of fused-ring (bicyclic) bond motifs is 2. The van der Waals surface area contributed by atoms with Gasteiger partial charge in [0.15, 0.2) is 17.2 Å². The molecule has 378 valence electrons. The second kappa shape index (κ2) is 19.6. The van der Waals surface area contributed by atoms with Crippen LogP contribution in [-0.2, 0) is 10.0 Å². The molecular formula is C54H68N8O8S. The molecular weight excluding hydrogens is 921 g/mol. The second-order valence-corrected chi connectivity index (χ2v) is 23.4. The molecule has 0 unspecified atom stereocenters. The summed E-state index contributed by atoms with van der Waals surface area (Å²) >= 11 is 0. The van der Waals surface area contributed by atoms with E-state index < -0.39 is 31.4 Å². The minimum Gasteiger partial charge on any atom is -0.489 e. The van der Waals surface area contributed by atoms with E-state index in [1.165, 1.54) is 42.9 Å². The number of nitro groups is 1. The highest BCUT2D eigenvalue weighted by Gasteiger charge is 2.50. The van der Waals surface area contributed by atoms with Gasteiger partial charge in [-0.3, -0.25) is 19.8 Å². The van der Waals surface area contributed by atoms with Gasteiger partial charge in [0.25, 0.3) is 27.5 Å². The number of likely N-dealkylation sites (tertiary alicyclic amines) is 1. The van der Waals surface area contributed by atoms with Crippen molar-refractivity contribution in [2.24, 2.45) is 16.7 Å². The number of carbonyl (C=O) groups is 1. The Morgan fingerprint density at radius 3 is 2.51 bits per heavy atom. The molecule has 2 aliphatic carbocycles. The van der Waals surface area contributed by atoms with Gasteiger partial charge in [-0.25, -0.2) is 13.1 Å². The van der Waals surface area contributed by atoms with Gasteiger partial charge >= 0.3 is 0 Å². The predicted molar refractivity (Wildman–Crippen MR) is 275 cm³/mol. The Hall–Kier alpha value is -5.91. The summed E-state index contributed by atoms with van der Waals surface area (Å²) in [6.45, 7) is 12.9. The number of hydrogen-bond acceptors (Lipinski definition) is 13. The Kier molecular flexibility index (Phi) is 13.4. The molecule has 0 bridgehead atoms. The number of rotatable bonds is 15. The summed E-state index contributed by atoms with van der Waals surface area (Å²) in [4.78, 5) is 38.7. The van der Waals surface area contributed by atoms with Crippen LogP contribution in [0, 0.1) is 26.9 Å². The van der Waals surface area contributed by atoms with Crippen LogP contribution < -0.4 is 34.5 Å². The van der Waals surface area contributed by atoms with Crippen LogP contribution in [0.15, 0.2) is 77.8 Å². The zero-order valence-electron chi connectivity index (χ0n) is 41.6. The minimum atomic E-state index is -4.68. The first-order valence-corrected chi connectivity index (χ1v) is 27.0. The minimum absolute atomic E-state index is 0.0413. The van der Waals surface area contributed by atoms with Crippen molar-refractivity contribution in [2.45, 2.75) is 121 Å². The van der Waals surface area contributed by atoms with Crippen molar-refractivity contribution in [3.05, 3.63) is 99.7 Å². The molecule has 71 heavy (non-hydrogen) atoms. The molecule has 1 spiro atoms. The normalized spacial score (nSPS) is 21.4. The van der Waals surface area contributed by atoms with E-state index in [0.717, 1.165) is 75.3 Å². The molecule has 4 N–H and O–H groups in total. The first kappa shape index (κ1) is 48.7. The molecule has 5 heterocycles. The van der Waals surface area contributed by atoms with E-state index in [0.29, 0.717) is 30.2 Å². The fourth-order valence-corrected chi connectivity index (χ4v) is 13.0. The summed E-state index contributed by atoms with van der Waals surface area (Å²) < 4.78 is 49.3. The Bertz CT molecular complexity index is 2900. The van der Waals surface area contributed by atoms with Crippen molar-refractivity contribution < 1.29 is 32.3 Å². The van der Waals surface area contributed by atoms with Gasteiger partial charge in [-0.1, -0.05) is 52.0 Å². The zero-order valence-corrected chi connectivity index (χ0v) is 42.4. The number of amides is 1. The van der Waals surface area contributed by atoms with E-state index in [-0.39, 0.29) is 70.4 Å². The number of nitro benzene ring substituents is 1. The van der Waals surface area contributed by atoms with Crippen molar-refractivity contribution in [3.63, 3.8) is 0 Å². The lowest BCUT2D eigenvalue weighted by Gasteiger charge is -2.56. The van der Waals surface area contributed by atoms with E-state index in [4.69, 9.17) is 14.2 Å². The summed E-state index contributed by atoms with van der Waals surface area (Å²) in [5.74, 6) is 0.328. The van der Waals surface area contributed by atoms with Crippen LogP contribution in [-0.4, -0.2) is 92.6 Å². The van der Waals surface area contributed by atoms with E-state index in [1.807, 2.05) is 19.2 Å². The lowest BCUT2D eigenvalue weighted by atomic mass is 9.59. The largest absolute Gasteiger partial charge is 0.489 e. The number of carbonyl (C=O) groups excluding carboxylic acids is 1. The SMILES string of the molecule is CNCCOc1nc2[nH]ccc2cc1Oc1cc(N2CCC3(CC2)CC(N2CCC[C@@H]2c2ccccc2C(C)C)C3)ccc1C(=O)NS(=O)(=O)c1cc2c(c([N+](=O)[O-])c1)N[C@@H](C1CCC(C)(C)CC1)CO2. The Morgan fingerprint density at radius 1 is 0.986 bits per heavy atom. The second-order valence-electron chi connectivity index (χ2n) is 21.7. The highest BCUT2D eigenvalue weighted by Crippen LogP contribution is 2.55. The lowest BCUT2D eigenvalue weighted by Crippen LogP contribution is -2.54. The van der Waals surface area contributed by atoms with Crippen molar-refractivity contribution in [3.8, 4) is 23.1 Å². The number of aromatic nitrogens is 2. The van der Waals surface area contributed by atoms with Gasteiger partial charge in [-0.2, -0.15) is 4.98 Å². The average molecular weight is 989 g/mol. The summed E-state index contributed by atoms with van der Waals surface area (Å²) in [6.07, 6.45) is 12.6. The molecule has 3 aromatic carbocycles. The van der Waals surface area contributed by atoms with Gasteiger partial charge in [0.1, 0.15) is 24.6 Å². The summed E-state index contributed by atoms with van der Waals surface area (Å²) in [5.41, 5.74) is 4.51. The zero-order chi connectivity index (χ0) is 49.7. The topological polar surface area (TPSA) is 193 Å². The van der Waals surface area contributed by atoms with Crippen molar-refractivity contribution in [1.29, 1.82) is 0 Å². The van der Waals surface area contributed by atoms with Gasteiger partial charge in [-0.05, 0) is 136 Å². The Balaban J connectivity index is 0.889. The number of likely N-dealkylation sites (N-methyl/N-ethyl adjacent to an activating group) is 1. The van der Waals surface area contributed by atoms with Crippen LogP contribution in [0.4, 0.5) is 17.1 Å². The quantitative estimate of drug-likeness (QED) is 0.0440. The van der Waals surface area contributed by atoms with Crippen LogP contribution >= 0.6 is 0 Å². The molecule has 2 atom stereocenters. The highest BCUT2D eigenvalue weighted by atomic mass is 32.2. The number of nitrogens with zero attached hydrogens (tertiary/aromatic N) is 4. The standard InChI is InChI=1S/C54H68N8O8S/c1-34(2)40-9-6-7-10-41(40)44-11-8-23-61(44)38-31-54(32-38)19-24-60(25-20-54)37-12-13-42(46(28-37)70-48-27-36-16-21-56-50(36)58-52(48)68-26-22-55-5)51(63)59-71(66,67)39-29-45(62(64)65)49-47(30-39)69-33-43(57-49)35-14-17-53(3,4)18-15-35/h6-7,9-10,12-13,16,21,27-30,34-35,38,43-44,55,57H,8,11,14-15,17-20,22-26,31-33H2,1-5H3,(H,56,58)(H,59,63)/t43-,44-/m1/s1. The maximum Gasteiger partial charge on any atom is 0.297 e. The smallest absolute Gasteiger partial charge is 0.297 e. The van der Waals surface area contributed by atoms with E-state index in [2.05, 4.69) is 87.1 Å². The molecule has 1 amide bonds. The number of H-pyrrole nitrogens is 1. The van der Waals surface area contributed by atoms with Crippen LogP contribution in [0.5, 0.6) is 23.1 Å². The van der Waals surface area contributed by atoms with E-state index >= 15 is 0 Å². The van der Waals surface area contributed by atoms with Gasteiger partial charge in [0.2, 0.25) is 0 Å². The number of anilines is 2. The molecule has 16 nitrogen and oxygen atoms in total. The van der Waals surface area contributed by atoms with Gasteiger partial charge in [-0.15, -0.1) is 0 Å². The molecule has 4 fully saturated rings. The molecule has 10 rings (SSSR count). The number of hydrogen-bond donors (Lipinski definition) is 4. The summed E-state index contributed by atoms with van der Waals surface area (Å²) in [7, 11) is -2.87. The first-order chi connectivity index (χ1) is 34.1. The third-order valence-corrected chi connectivity index (χ3v) is 17.6. The molecule has 5 aromatic rings. The maximum atomic E-state index is 14.4. The molecule has 17 heteroatoms. The van der Waals surface area contributed by atoms with Crippen LogP contribution in [0.25, 0.3) is 11.0 Å². The van der Waals surface area contributed by atoms with E-state index in [9.17, 15) is 23.3 Å². The molecule has 5 aliphatic rings. The molecule has 2 saturated heterocycles. The van der Waals surface area contributed by atoms with Gasteiger partial charge < -0.3 is 34.7 Å². The van der Waals surface area contributed by atoms with Crippen molar-refractivity contribution in [1.82, 2.24) is 24.9 Å². The Labute approximate surface area is 416 Å². The van der Waals surface area contributed by atoms with Gasteiger partial charge in [0.05, 0.1) is 21.4 Å². The summed E-state index contributed by atoms with van der Waals surface area (Å²) in [5, 5.41) is 19.7. The van der Waals surface area contributed by atoms with Crippen molar-refractivity contribution >= 4 is 44.0 Å². The number of benzene rings is 3. The van der Waals surface area contributed by atoms with E-state index in [1.54, 1.807) is 24.4 Å². The predicted octanol–water partition coefficient (Wildman–Crippen LogP) is 10.1. The average Bonchev–Trinajstić information content (AvgIpc) is 4.02. The number of ether oxygens (including phenoxy) is 3. The fraction of sp³-hybridized carbons (Fsp3) is 0.519. The fourth-order valence-electron chi connectivity index (χ4n) is 12.0. The number of aromatic amines is 1. The van der Waals surface area contributed by atoms with Crippen molar-refractivity contribution in [2.75, 3.05) is 56.7 Å². The monoisotopic (exact) mass is 988 g/mol. The third-order valence-electron chi connectivity index (χ3n) is 16.2. The van der Waals surface area contributed by atoms with Crippen LogP contribution in [0.1, 0.15) is 125 Å². The highest BCUT2D eigenvalue weighted by molar-refractivity contribution is 7.90.